The molecule has 0 aliphatic heterocycles. The molecule has 1 N–H and O–H groups in total. The van der Waals surface area contributed by atoms with Gasteiger partial charge in [0.05, 0.1) is 6.61 Å². The van der Waals surface area contributed by atoms with Crippen LogP contribution in [-0.2, 0) is 6.61 Å². The van der Waals surface area contributed by atoms with Crippen LogP contribution in [0.5, 0.6) is 0 Å². The predicted octanol–water partition coefficient (Wildman–Crippen LogP) is 2.99. The molecule has 0 fully saturated rings. The third kappa shape index (κ3) is 1.37. The average Bonchev–Trinajstić information content (AvgIpc) is 2.60. The van der Waals surface area contributed by atoms with E-state index in [1.54, 1.807) is 11.3 Å². The van der Waals surface area contributed by atoms with Crippen molar-refractivity contribution in [2.45, 2.75) is 18.4 Å². The highest BCUT2D eigenvalue weighted by atomic mass is 32.1. The van der Waals surface area contributed by atoms with Crippen LogP contribution in [-0.4, -0.2) is 5.11 Å². The van der Waals surface area contributed by atoms with E-state index >= 15 is 0 Å². The molecule has 0 unspecified atom stereocenters. The summed E-state index contributed by atoms with van der Waals surface area (Å²) in [5, 5.41) is 12.4. The standard InChI is InChI=1S/C10H10OS2/c1-6-7(5-11)4-9(12)10-8(6)2-3-13-10/h2-4,11-12H,5H2,1H3. The van der Waals surface area contributed by atoms with Crippen LogP contribution in [0.15, 0.2) is 22.4 Å². The van der Waals surface area contributed by atoms with E-state index in [4.69, 9.17) is 5.11 Å². The molecule has 13 heavy (non-hydrogen) atoms. The van der Waals surface area contributed by atoms with Gasteiger partial charge in [-0.3, -0.25) is 0 Å². The van der Waals surface area contributed by atoms with Gasteiger partial charge < -0.3 is 5.11 Å². The lowest BCUT2D eigenvalue weighted by Crippen LogP contribution is -1.89. The predicted molar refractivity (Wildman–Crippen MR) is 59.7 cm³/mol. The largest absolute Gasteiger partial charge is 0.392 e. The second-order valence-electron chi connectivity index (χ2n) is 3.00. The zero-order valence-electron chi connectivity index (χ0n) is 7.24. The molecule has 68 valence electrons. The fourth-order valence-corrected chi connectivity index (χ4v) is 2.78. The lowest BCUT2D eigenvalue weighted by atomic mass is 10.1. The van der Waals surface area contributed by atoms with Crippen LogP contribution in [0.25, 0.3) is 10.1 Å². The van der Waals surface area contributed by atoms with E-state index in [1.165, 1.54) is 10.1 Å². The van der Waals surface area contributed by atoms with Crippen LogP contribution < -0.4 is 0 Å². The maximum absolute atomic E-state index is 9.11. The number of thiol groups is 1. The summed E-state index contributed by atoms with van der Waals surface area (Å²) in [7, 11) is 0. The van der Waals surface area contributed by atoms with Crippen molar-refractivity contribution in [2.75, 3.05) is 0 Å². The Morgan fingerprint density at radius 2 is 2.31 bits per heavy atom. The smallest absolute Gasteiger partial charge is 0.0685 e. The molecule has 3 heteroatoms. The van der Waals surface area contributed by atoms with Gasteiger partial charge in [0.25, 0.3) is 0 Å². The summed E-state index contributed by atoms with van der Waals surface area (Å²) in [6, 6.07) is 4.02. The molecule has 1 heterocycles. The summed E-state index contributed by atoms with van der Waals surface area (Å²) in [5.41, 5.74) is 2.13. The molecule has 0 aliphatic carbocycles. The first kappa shape index (κ1) is 9.06. The van der Waals surface area contributed by atoms with Crippen LogP contribution in [0.3, 0.4) is 0 Å². The van der Waals surface area contributed by atoms with Gasteiger partial charge in [0.2, 0.25) is 0 Å². The Kier molecular flexibility index (Phi) is 2.32. The van der Waals surface area contributed by atoms with Gasteiger partial charge in [0.15, 0.2) is 0 Å². The summed E-state index contributed by atoms with van der Waals surface area (Å²) in [4.78, 5) is 0.958. The third-order valence-electron chi connectivity index (χ3n) is 2.26. The minimum Gasteiger partial charge on any atom is -0.392 e. The summed E-state index contributed by atoms with van der Waals surface area (Å²) in [6.07, 6.45) is 0. The normalized spacial score (nSPS) is 11.0. The number of rotatable bonds is 1. The first-order valence-electron chi connectivity index (χ1n) is 4.03. The van der Waals surface area contributed by atoms with Crippen LogP contribution >= 0.6 is 24.0 Å². The first-order chi connectivity index (χ1) is 6.24. The lowest BCUT2D eigenvalue weighted by Gasteiger charge is -2.05. The van der Waals surface area contributed by atoms with E-state index in [0.29, 0.717) is 0 Å². The molecular weight excluding hydrogens is 200 g/mol. The maximum atomic E-state index is 9.11. The van der Waals surface area contributed by atoms with Crippen molar-refractivity contribution < 1.29 is 5.11 Å². The van der Waals surface area contributed by atoms with E-state index in [1.807, 2.05) is 13.0 Å². The summed E-state index contributed by atoms with van der Waals surface area (Å²) in [5.74, 6) is 0. The highest BCUT2D eigenvalue weighted by molar-refractivity contribution is 7.80. The topological polar surface area (TPSA) is 20.2 Å². The summed E-state index contributed by atoms with van der Waals surface area (Å²) in [6.45, 7) is 2.12. The van der Waals surface area contributed by atoms with Gasteiger partial charge in [-0.1, -0.05) is 0 Å². The van der Waals surface area contributed by atoms with Crippen molar-refractivity contribution >= 4 is 34.1 Å². The van der Waals surface area contributed by atoms with Crippen LogP contribution in [0.1, 0.15) is 11.1 Å². The van der Waals surface area contributed by atoms with E-state index in [-0.39, 0.29) is 6.61 Å². The molecule has 2 rings (SSSR count). The van der Waals surface area contributed by atoms with E-state index < -0.39 is 0 Å². The van der Waals surface area contributed by atoms with Crippen molar-refractivity contribution in [3.05, 3.63) is 28.6 Å². The van der Waals surface area contributed by atoms with Crippen LogP contribution in [0, 0.1) is 6.92 Å². The highest BCUT2D eigenvalue weighted by Crippen LogP contribution is 2.32. The number of thiophene rings is 1. The average molecular weight is 210 g/mol. The molecule has 0 spiro atoms. The molecule has 0 aliphatic rings. The molecule has 1 nitrogen and oxygen atoms in total. The third-order valence-corrected chi connectivity index (χ3v) is 3.72. The Hall–Kier alpha value is -0.510. The zero-order chi connectivity index (χ0) is 9.42. The first-order valence-corrected chi connectivity index (χ1v) is 5.36. The molecule has 0 radical (unpaired) electrons. The quantitative estimate of drug-likeness (QED) is 0.693. The van der Waals surface area contributed by atoms with Gasteiger partial charge in [-0.2, -0.15) is 0 Å². The van der Waals surface area contributed by atoms with Crippen molar-refractivity contribution in [3.63, 3.8) is 0 Å². The zero-order valence-corrected chi connectivity index (χ0v) is 8.95. The van der Waals surface area contributed by atoms with Gasteiger partial charge in [0.1, 0.15) is 0 Å². The summed E-state index contributed by atoms with van der Waals surface area (Å²) >= 11 is 6.08. The van der Waals surface area contributed by atoms with Gasteiger partial charge in [0, 0.05) is 9.60 Å². The maximum Gasteiger partial charge on any atom is 0.0685 e. The molecule has 2 aromatic rings. The van der Waals surface area contributed by atoms with Gasteiger partial charge in [-0.25, -0.2) is 0 Å². The summed E-state index contributed by atoms with van der Waals surface area (Å²) < 4.78 is 1.21. The Balaban J connectivity index is 2.85. The number of hydrogen-bond donors (Lipinski definition) is 2. The minimum atomic E-state index is 0.0885. The second-order valence-corrected chi connectivity index (χ2v) is 4.40. The Labute approximate surface area is 86.4 Å². The van der Waals surface area contributed by atoms with Crippen molar-refractivity contribution in [2.24, 2.45) is 0 Å². The fraction of sp³-hybridized carbons (Fsp3) is 0.200. The molecule has 0 amide bonds. The fourth-order valence-electron chi connectivity index (χ4n) is 1.48. The molecule has 0 saturated heterocycles. The second kappa shape index (κ2) is 3.33. The molecular formula is C10H10OS2. The Morgan fingerprint density at radius 1 is 1.54 bits per heavy atom. The molecule has 1 aromatic heterocycles. The lowest BCUT2D eigenvalue weighted by molar-refractivity contribution is 0.281. The van der Waals surface area contributed by atoms with Gasteiger partial charge >= 0.3 is 0 Å². The van der Waals surface area contributed by atoms with E-state index in [0.717, 1.165) is 16.0 Å². The van der Waals surface area contributed by atoms with Gasteiger partial charge in [-0.15, -0.1) is 24.0 Å². The Morgan fingerprint density at radius 3 is 3.00 bits per heavy atom. The molecule has 0 bridgehead atoms. The van der Waals surface area contributed by atoms with Crippen LogP contribution in [0.4, 0.5) is 0 Å². The monoisotopic (exact) mass is 210 g/mol. The van der Waals surface area contributed by atoms with Crippen molar-refractivity contribution in [3.8, 4) is 0 Å². The molecule has 1 aromatic carbocycles. The molecule has 0 saturated carbocycles. The van der Waals surface area contributed by atoms with Crippen molar-refractivity contribution in [1.29, 1.82) is 0 Å². The number of hydrogen-bond acceptors (Lipinski definition) is 3. The SMILES string of the molecule is Cc1c(CO)cc(S)c2sccc12. The number of benzene rings is 1. The minimum absolute atomic E-state index is 0.0885. The van der Waals surface area contributed by atoms with E-state index in [2.05, 4.69) is 24.1 Å². The number of aryl methyl sites for hydroxylation is 1. The van der Waals surface area contributed by atoms with E-state index in [9.17, 15) is 0 Å². The number of aliphatic hydroxyl groups is 1. The van der Waals surface area contributed by atoms with Crippen LogP contribution in [0.2, 0.25) is 0 Å². The molecule has 0 atom stereocenters. The Bertz CT molecular complexity index is 445. The highest BCUT2D eigenvalue weighted by Gasteiger charge is 2.06. The number of fused-ring (bicyclic) bond motifs is 1. The van der Waals surface area contributed by atoms with Gasteiger partial charge in [-0.05, 0) is 40.9 Å². The van der Waals surface area contributed by atoms with Crippen molar-refractivity contribution in [1.82, 2.24) is 0 Å². The number of aliphatic hydroxyl groups excluding tert-OH is 1.